The standard InChI is InChI=1S/C27H35N3O5S/c1-27(2,3)22-14-20(19-9-10-23(34-4)29-26(19)31)18-8-7-16(13-21(18)25(22)35-5)24(30-36(6,32)33)17-11-12-28-15-17/h7-10,13-14,17,24,28,30H,11-12,15H2,1-6H3,(H,29,31)/t17?,24-/m1/s1. The van der Waals surface area contributed by atoms with Crippen LogP contribution in [0.4, 0.5) is 0 Å². The Hall–Kier alpha value is -2.88. The summed E-state index contributed by atoms with van der Waals surface area (Å²) < 4.78 is 38.5. The molecule has 194 valence electrons. The zero-order valence-corrected chi connectivity index (χ0v) is 22.5. The molecule has 1 aliphatic heterocycles. The average Bonchev–Trinajstić information content (AvgIpc) is 3.34. The van der Waals surface area contributed by atoms with E-state index in [0.29, 0.717) is 11.4 Å². The van der Waals surface area contributed by atoms with Crippen molar-refractivity contribution in [2.75, 3.05) is 33.6 Å². The Balaban J connectivity index is 2.01. The van der Waals surface area contributed by atoms with Crippen LogP contribution >= 0.6 is 0 Å². The van der Waals surface area contributed by atoms with Crippen molar-refractivity contribution in [2.24, 2.45) is 5.92 Å². The van der Waals surface area contributed by atoms with Crippen LogP contribution in [0.25, 0.3) is 21.9 Å². The number of methoxy groups -OCH3 is 2. The zero-order chi connectivity index (χ0) is 26.3. The second-order valence-electron chi connectivity index (χ2n) is 10.5. The molecule has 3 aromatic rings. The maximum Gasteiger partial charge on any atom is 0.258 e. The van der Waals surface area contributed by atoms with Gasteiger partial charge in [-0.05, 0) is 71.6 Å². The number of fused-ring (bicyclic) bond motifs is 1. The number of hydrogen-bond acceptors (Lipinski definition) is 6. The summed E-state index contributed by atoms with van der Waals surface area (Å²) in [6, 6.07) is 11.0. The fourth-order valence-electron chi connectivity index (χ4n) is 5.03. The van der Waals surface area contributed by atoms with Gasteiger partial charge in [0.15, 0.2) is 5.88 Å². The van der Waals surface area contributed by atoms with Crippen molar-refractivity contribution in [1.29, 1.82) is 0 Å². The van der Waals surface area contributed by atoms with Gasteiger partial charge < -0.3 is 14.8 Å². The minimum atomic E-state index is -3.44. The maximum absolute atomic E-state index is 13.0. The molecule has 0 amide bonds. The smallest absolute Gasteiger partial charge is 0.258 e. The monoisotopic (exact) mass is 513 g/mol. The first-order chi connectivity index (χ1) is 16.9. The van der Waals surface area contributed by atoms with E-state index < -0.39 is 10.0 Å². The van der Waals surface area contributed by atoms with Crippen LogP contribution in [0.2, 0.25) is 0 Å². The Bertz CT molecular complexity index is 1430. The lowest BCUT2D eigenvalue weighted by Crippen LogP contribution is -2.33. The number of pyridine rings is 1. The largest absolute Gasteiger partial charge is 0.496 e. The number of rotatable bonds is 7. The van der Waals surface area contributed by atoms with Crippen LogP contribution < -0.4 is 25.1 Å². The Labute approximate surface area is 212 Å². The number of H-pyrrole nitrogens is 1. The molecule has 0 saturated carbocycles. The molecule has 1 aliphatic rings. The quantitative estimate of drug-likeness (QED) is 0.444. The summed E-state index contributed by atoms with van der Waals surface area (Å²) in [6.45, 7) is 7.88. The highest BCUT2D eigenvalue weighted by Crippen LogP contribution is 2.43. The Morgan fingerprint density at radius 2 is 1.78 bits per heavy atom. The summed E-state index contributed by atoms with van der Waals surface area (Å²) in [7, 11) is -0.289. The van der Waals surface area contributed by atoms with Crippen LogP contribution in [-0.2, 0) is 15.4 Å². The molecule has 1 aromatic heterocycles. The molecule has 8 nitrogen and oxygen atoms in total. The molecule has 0 bridgehead atoms. The van der Waals surface area contributed by atoms with E-state index in [1.165, 1.54) is 13.4 Å². The van der Waals surface area contributed by atoms with Gasteiger partial charge in [0.1, 0.15) is 5.75 Å². The first-order valence-electron chi connectivity index (χ1n) is 12.0. The van der Waals surface area contributed by atoms with E-state index in [-0.39, 0.29) is 22.9 Å². The van der Waals surface area contributed by atoms with Crippen molar-refractivity contribution in [3.8, 4) is 22.8 Å². The average molecular weight is 514 g/mol. The molecule has 0 spiro atoms. The number of ether oxygens (including phenoxy) is 2. The molecule has 2 aromatic carbocycles. The summed E-state index contributed by atoms with van der Waals surface area (Å²) in [5, 5.41) is 5.02. The molecule has 2 atom stereocenters. The topological polar surface area (TPSA) is 110 Å². The number of hydrogen-bond donors (Lipinski definition) is 3. The van der Waals surface area contributed by atoms with E-state index in [9.17, 15) is 13.2 Å². The second-order valence-corrected chi connectivity index (χ2v) is 12.2. The van der Waals surface area contributed by atoms with E-state index in [1.54, 1.807) is 19.2 Å². The number of aromatic amines is 1. The van der Waals surface area contributed by atoms with Crippen molar-refractivity contribution in [3.05, 3.63) is 57.9 Å². The van der Waals surface area contributed by atoms with Crippen molar-refractivity contribution in [1.82, 2.24) is 15.0 Å². The van der Waals surface area contributed by atoms with Gasteiger partial charge in [0.25, 0.3) is 5.56 Å². The first kappa shape index (κ1) is 26.2. The van der Waals surface area contributed by atoms with E-state index in [4.69, 9.17) is 9.47 Å². The van der Waals surface area contributed by atoms with Crippen molar-refractivity contribution in [3.63, 3.8) is 0 Å². The summed E-state index contributed by atoms with van der Waals surface area (Å²) >= 11 is 0. The highest BCUT2D eigenvalue weighted by atomic mass is 32.2. The number of nitrogens with one attached hydrogen (secondary N) is 3. The van der Waals surface area contributed by atoms with Crippen LogP contribution in [0, 0.1) is 5.92 Å². The van der Waals surface area contributed by atoms with Crippen LogP contribution in [0.15, 0.2) is 41.2 Å². The second kappa shape index (κ2) is 9.88. The molecule has 1 unspecified atom stereocenters. The summed E-state index contributed by atoms with van der Waals surface area (Å²) in [4.78, 5) is 15.8. The fourth-order valence-corrected chi connectivity index (χ4v) is 5.82. The van der Waals surface area contributed by atoms with Gasteiger partial charge >= 0.3 is 0 Å². The lowest BCUT2D eigenvalue weighted by atomic mass is 9.81. The predicted octanol–water partition coefficient (Wildman–Crippen LogP) is 3.71. The molecule has 4 rings (SSSR count). The molecule has 36 heavy (non-hydrogen) atoms. The Morgan fingerprint density at radius 1 is 1.03 bits per heavy atom. The molecule has 2 heterocycles. The molecular weight excluding hydrogens is 478 g/mol. The highest BCUT2D eigenvalue weighted by molar-refractivity contribution is 7.88. The van der Waals surface area contributed by atoms with Crippen LogP contribution in [0.1, 0.15) is 44.4 Å². The molecule has 1 fully saturated rings. The molecule has 3 N–H and O–H groups in total. The van der Waals surface area contributed by atoms with Gasteiger partial charge in [-0.25, -0.2) is 13.1 Å². The number of sulfonamides is 1. The zero-order valence-electron chi connectivity index (χ0n) is 21.7. The van der Waals surface area contributed by atoms with E-state index in [2.05, 4.69) is 35.8 Å². The minimum Gasteiger partial charge on any atom is -0.496 e. The molecular formula is C27H35N3O5S. The third-order valence-corrected chi connectivity index (χ3v) is 7.47. The Morgan fingerprint density at radius 3 is 2.33 bits per heavy atom. The Kier molecular flexibility index (Phi) is 7.19. The first-order valence-corrected chi connectivity index (χ1v) is 13.9. The third-order valence-electron chi connectivity index (χ3n) is 6.79. The van der Waals surface area contributed by atoms with E-state index >= 15 is 0 Å². The summed E-state index contributed by atoms with van der Waals surface area (Å²) in [6.07, 6.45) is 2.06. The van der Waals surface area contributed by atoms with Crippen molar-refractivity contribution < 1.29 is 17.9 Å². The van der Waals surface area contributed by atoms with E-state index in [1.807, 2.05) is 24.3 Å². The molecule has 1 saturated heterocycles. The number of benzene rings is 2. The van der Waals surface area contributed by atoms with Gasteiger partial charge in [-0.1, -0.05) is 32.9 Å². The summed E-state index contributed by atoms with van der Waals surface area (Å²) in [5.74, 6) is 1.23. The van der Waals surface area contributed by atoms with Gasteiger partial charge in [-0.15, -0.1) is 0 Å². The molecule has 9 heteroatoms. The van der Waals surface area contributed by atoms with E-state index in [0.717, 1.165) is 52.7 Å². The SMILES string of the molecule is COc1ccc(-c2cc(C(C)(C)C)c(OC)c3cc([C@@H](NS(C)(=O)=O)C4CCNC4)ccc23)c(=O)[nH]1. The molecule has 0 aliphatic carbocycles. The third kappa shape index (κ3) is 5.28. The van der Waals surface area contributed by atoms with Crippen LogP contribution in [-0.4, -0.2) is 47.0 Å². The van der Waals surface area contributed by atoms with Gasteiger partial charge in [-0.2, -0.15) is 0 Å². The number of aromatic nitrogens is 1. The summed E-state index contributed by atoms with van der Waals surface area (Å²) in [5.41, 5.74) is 2.59. The minimum absolute atomic E-state index is 0.123. The van der Waals surface area contributed by atoms with Gasteiger partial charge in [0, 0.05) is 16.5 Å². The lowest BCUT2D eigenvalue weighted by Gasteiger charge is -2.27. The van der Waals surface area contributed by atoms with Crippen molar-refractivity contribution >= 4 is 20.8 Å². The van der Waals surface area contributed by atoms with Gasteiger partial charge in [0.05, 0.1) is 26.5 Å². The fraction of sp³-hybridized carbons (Fsp3) is 0.444. The van der Waals surface area contributed by atoms with Crippen LogP contribution in [0.3, 0.4) is 0 Å². The highest BCUT2D eigenvalue weighted by Gasteiger charge is 2.30. The van der Waals surface area contributed by atoms with Crippen molar-refractivity contribution in [2.45, 2.75) is 38.6 Å². The lowest BCUT2D eigenvalue weighted by molar-refractivity contribution is 0.397. The maximum atomic E-state index is 13.0. The van der Waals surface area contributed by atoms with Gasteiger partial charge in [0.2, 0.25) is 10.0 Å². The van der Waals surface area contributed by atoms with Crippen LogP contribution in [0.5, 0.6) is 11.6 Å². The molecule has 0 radical (unpaired) electrons. The van der Waals surface area contributed by atoms with Gasteiger partial charge in [-0.3, -0.25) is 9.78 Å². The normalized spacial score (nSPS) is 17.3. The predicted molar refractivity (Wildman–Crippen MR) is 144 cm³/mol.